The highest BCUT2D eigenvalue weighted by atomic mass is 16.2. The first kappa shape index (κ1) is 9.38. The Bertz CT molecular complexity index is 420. The van der Waals surface area contributed by atoms with Gasteiger partial charge in [0, 0.05) is 12.4 Å². The lowest BCUT2D eigenvalue weighted by Gasteiger charge is -2.10. The van der Waals surface area contributed by atoms with Crippen LogP contribution in [0.1, 0.15) is 13.0 Å². The smallest absolute Gasteiger partial charge is 0.251 e. The Kier molecular flexibility index (Phi) is 2.44. The number of carbonyl (C=O) groups excluding carboxylic acids is 1. The second kappa shape index (κ2) is 3.91. The zero-order chi connectivity index (χ0) is 10.7. The van der Waals surface area contributed by atoms with Crippen molar-refractivity contribution in [2.24, 2.45) is 0 Å². The van der Waals surface area contributed by atoms with Crippen LogP contribution in [0, 0.1) is 0 Å². The quantitative estimate of drug-likeness (QED) is 0.750. The third-order valence-electron chi connectivity index (χ3n) is 1.96. The third-order valence-corrected chi connectivity index (χ3v) is 1.96. The van der Waals surface area contributed by atoms with Crippen LogP contribution in [0.5, 0.6) is 0 Å². The molecule has 2 heterocycles. The van der Waals surface area contributed by atoms with Gasteiger partial charge in [0.05, 0.1) is 0 Å². The van der Waals surface area contributed by atoms with E-state index in [9.17, 15) is 4.79 Å². The molecule has 1 amide bonds. The number of rotatable bonds is 3. The highest BCUT2D eigenvalue weighted by molar-refractivity contribution is 5.91. The van der Waals surface area contributed by atoms with Crippen molar-refractivity contribution in [3.8, 4) is 0 Å². The van der Waals surface area contributed by atoms with Crippen molar-refractivity contribution in [3.63, 3.8) is 0 Å². The summed E-state index contributed by atoms with van der Waals surface area (Å²) in [5.41, 5.74) is 0. The molecule has 7 nitrogen and oxygen atoms in total. The van der Waals surface area contributed by atoms with Gasteiger partial charge in [-0.25, -0.2) is 5.10 Å². The van der Waals surface area contributed by atoms with Crippen molar-refractivity contribution in [2.75, 3.05) is 5.32 Å². The van der Waals surface area contributed by atoms with Crippen molar-refractivity contribution in [3.05, 3.63) is 24.8 Å². The monoisotopic (exact) mass is 206 g/mol. The van der Waals surface area contributed by atoms with Crippen LogP contribution < -0.4 is 5.32 Å². The van der Waals surface area contributed by atoms with E-state index < -0.39 is 0 Å². The summed E-state index contributed by atoms with van der Waals surface area (Å²) in [6, 6.07) is 1.38. The van der Waals surface area contributed by atoms with Crippen LogP contribution in [0.25, 0.3) is 0 Å². The summed E-state index contributed by atoms with van der Waals surface area (Å²) in [6.45, 7) is 1.75. The molecule has 7 heteroatoms. The van der Waals surface area contributed by atoms with Crippen LogP contribution >= 0.6 is 0 Å². The average Bonchev–Trinajstić information content (AvgIpc) is 2.88. The minimum Gasteiger partial charge on any atom is -0.293 e. The van der Waals surface area contributed by atoms with Gasteiger partial charge in [0.15, 0.2) is 0 Å². The Balaban J connectivity index is 2.03. The van der Waals surface area contributed by atoms with Gasteiger partial charge in [-0.15, -0.1) is 0 Å². The highest BCUT2D eigenvalue weighted by Gasteiger charge is 2.15. The number of anilines is 1. The fourth-order valence-corrected chi connectivity index (χ4v) is 1.12. The lowest BCUT2D eigenvalue weighted by Crippen LogP contribution is -2.24. The summed E-state index contributed by atoms with van der Waals surface area (Å²) in [5, 5.41) is 12.7. The predicted octanol–water partition coefficient (Wildman–Crippen LogP) is 0.201. The van der Waals surface area contributed by atoms with E-state index in [4.69, 9.17) is 0 Å². The largest absolute Gasteiger partial charge is 0.293 e. The zero-order valence-corrected chi connectivity index (χ0v) is 8.08. The predicted molar refractivity (Wildman–Crippen MR) is 52.0 cm³/mol. The van der Waals surface area contributed by atoms with Crippen molar-refractivity contribution in [2.45, 2.75) is 13.0 Å². The molecule has 0 aromatic carbocycles. The van der Waals surface area contributed by atoms with Gasteiger partial charge in [0.2, 0.25) is 5.95 Å². The molecule has 2 rings (SSSR count). The van der Waals surface area contributed by atoms with Crippen molar-refractivity contribution >= 4 is 11.9 Å². The molecule has 0 aliphatic rings. The first-order valence-electron chi connectivity index (χ1n) is 4.43. The van der Waals surface area contributed by atoms with E-state index in [0.29, 0.717) is 5.95 Å². The molecule has 0 bridgehead atoms. The van der Waals surface area contributed by atoms with Crippen molar-refractivity contribution in [1.29, 1.82) is 0 Å². The summed E-state index contributed by atoms with van der Waals surface area (Å²) < 4.78 is 1.56. The Morgan fingerprint density at radius 1 is 1.67 bits per heavy atom. The molecule has 0 aliphatic carbocycles. The lowest BCUT2D eigenvalue weighted by molar-refractivity contribution is -0.119. The Morgan fingerprint density at radius 3 is 3.13 bits per heavy atom. The minimum absolute atomic E-state index is 0.199. The fraction of sp³-hybridized carbons (Fsp3) is 0.250. The summed E-state index contributed by atoms with van der Waals surface area (Å²) >= 11 is 0. The van der Waals surface area contributed by atoms with Crippen LogP contribution in [0.15, 0.2) is 24.8 Å². The molecule has 1 unspecified atom stereocenters. The normalized spacial score (nSPS) is 12.3. The standard InChI is InChI=1S/C8H10N6O/c1-6(14-4-2-3-11-14)7(15)12-8-9-5-10-13-8/h2-6H,1H3,(H2,9,10,12,13,15). The van der Waals surface area contributed by atoms with Gasteiger partial charge >= 0.3 is 0 Å². The SMILES string of the molecule is CC(C(=O)Nc1ncn[nH]1)n1cccn1. The number of amides is 1. The van der Waals surface area contributed by atoms with Gasteiger partial charge in [0.25, 0.3) is 5.91 Å². The van der Waals surface area contributed by atoms with Gasteiger partial charge < -0.3 is 0 Å². The van der Waals surface area contributed by atoms with Crippen molar-refractivity contribution < 1.29 is 4.79 Å². The van der Waals surface area contributed by atoms with Crippen molar-refractivity contribution in [1.82, 2.24) is 25.0 Å². The van der Waals surface area contributed by atoms with Crippen LogP contribution in [0.4, 0.5) is 5.95 Å². The molecular weight excluding hydrogens is 196 g/mol. The molecule has 15 heavy (non-hydrogen) atoms. The number of hydrogen-bond acceptors (Lipinski definition) is 4. The number of H-pyrrole nitrogens is 1. The van der Waals surface area contributed by atoms with E-state index in [2.05, 4.69) is 25.6 Å². The second-order valence-corrected chi connectivity index (χ2v) is 2.99. The van der Waals surface area contributed by atoms with Crippen LogP contribution in [0.3, 0.4) is 0 Å². The molecule has 0 fully saturated rings. The number of aromatic nitrogens is 5. The second-order valence-electron chi connectivity index (χ2n) is 2.99. The summed E-state index contributed by atoms with van der Waals surface area (Å²) in [4.78, 5) is 15.4. The van der Waals surface area contributed by atoms with Gasteiger partial charge in [-0.1, -0.05) is 0 Å². The maximum Gasteiger partial charge on any atom is 0.251 e. The third kappa shape index (κ3) is 2.01. The summed E-state index contributed by atoms with van der Waals surface area (Å²) in [7, 11) is 0. The molecule has 0 radical (unpaired) electrons. The molecular formula is C8H10N6O. The van der Waals surface area contributed by atoms with E-state index in [0.717, 1.165) is 0 Å². The molecule has 2 aromatic heterocycles. The Labute approximate surface area is 85.5 Å². The van der Waals surface area contributed by atoms with Gasteiger partial charge in [0.1, 0.15) is 12.4 Å². The zero-order valence-electron chi connectivity index (χ0n) is 8.08. The van der Waals surface area contributed by atoms with E-state index in [1.807, 2.05) is 0 Å². The molecule has 0 aliphatic heterocycles. The maximum absolute atomic E-state index is 11.6. The molecule has 2 aromatic rings. The maximum atomic E-state index is 11.6. The van der Waals surface area contributed by atoms with E-state index in [1.54, 1.807) is 30.1 Å². The van der Waals surface area contributed by atoms with Crippen LogP contribution in [-0.4, -0.2) is 30.9 Å². The number of nitrogens with one attached hydrogen (secondary N) is 2. The highest BCUT2D eigenvalue weighted by Crippen LogP contribution is 2.06. The van der Waals surface area contributed by atoms with E-state index >= 15 is 0 Å². The average molecular weight is 206 g/mol. The molecule has 0 spiro atoms. The molecule has 0 saturated heterocycles. The molecule has 0 saturated carbocycles. The lowest BCUT2D eigenvalue weighted by atomic mass is 10.3. The number of nitrogens with zero attached hydrogens (tertiary/aromatic N) is 4. The first-order chi connectivity index (χ1) is 7.27. The van der Waals surface area contributed by atoms with Gasteiger partial charge in [-0.2, -0.15) is 15.2 Å². The Morgan fingerprint density at radius 2 is 2.53 bits per heavy atom. The van der Waals surface area contributed by atoms with E-state index in [1.165, 1.54) is 6.33 Å². The molecule has 1 atom stereocenters. The molecule has 78 valence electrons. The summed E-state index contributed by atoms with van der Waals surface area (Å²) in [5.74, 6) is 0.134. The van der Waals surface area contributed by atoms with Crippen LogP contribution in [-0.2, 0) is 4.79 Å². The Hall–Kier alpha value is -2.18. The van der Waals surface area contributed by atoms with Gasteiger partial charge in [-0.3, -0.25) is 14.8 Å². The number of carbonyl (C=O) groups is 1. The van der Waals surface area contributed by atoms with Gasteiger partial charge in [-0.05, 0) is 13.0 Å². The first-order valence-corrected chi connectivity index (χ1v) is 4.43. The van der Waals surface area contributed by atoms with Crippen LogP contribution in [0.2, 0.25) is 0 Å². The topological polar surface area (TPSA) is 88.5 Å². The molecule has 2 N–H and O–H groups in total. The van der Waals surface area contributed by atoms with E-state index in [-0.39, 0.29) is 11.9 Å². The fourth-order valence-electron chi connectivity index (χ4n) is 1.12. The summed E-state index contributed by atoms with van der Waals surface area (Å²) in [6.07, 6.45) is 4.68. The number of aromatic amines is 1. The minimum atomic E-state index is -0.384. The number of hydrogen-bond donors (Lipinski definition) is 2.